The summed E-state index contributed by atoms with van der Waals surface area (Å²) in [5.74, 6) is 0.394. The van der Waals surface area contributed by atoms with Gasteiger partial charge in [0.1, 0.15) is 11.3 Å². The Morgan fingerprint density at radius 1 is 1.17 bits per heavy atom. The molecule has 2 aromatic rings. The maximum Gasteiger partial charge on any atom is 0.167 e. The van der Waals surface area contributed by atoms with Crippen LogP contribution < -0.4 is 0 Å². The molecule has 0 amide bonds. The van der Waals surface area contributed by atoms with Gasteiger partial charge in [-0.25, -0.2) is 9.37 Å². The lowest BCUT2D eigenvalue weighted by molar-refractivity contribution is 0.630. The van der Waals surface area contributed by atoms with Crippen LogP contribution in [0.3, 0.4) is 0 Å². The van der Waals surface area contributed by atoms with Crippen molar-refractivity contribution in [2.75, 3.05) is 0 Å². The van der Waals surface area contributed by atoms with E-state index in [9.17, 15) is 4.39 Å². The minimum atomic E-state index is -0.384. The molecule has 0 saturated carbocycles. The molecule has 0 saturated heterocycles. The zero-order chi connectivity index (χ0) is 14.5. The molecule has 0 atom stereocenters. The summed E-state index contributed by atoms with van der Waals surface area (Å²) < 4.78 is 15.4. The maximum atomic E-state index is 13.7. The zero-order valence-corrected chi connectivity index (χ0v) is 13.0. The summed E-state index contributed by atoms with van der Waals surface area (Å²) in [5.41, 5.74) is 1.84. The number of fused-ring (bicyclic) bond motifs is 1. The van der Waals surface area contributed by atoms with Crippen molar-refractivity contribution in [2.24, 2.45) is 7.05 Å². The molecule has 2 rings (SSSR count). The van der Waals surface area contributed by atoms with Crippen LogP contribution in [0.4, 0.5) is 4.39 Å². The van der Waals surface area contributed by atoms with Crippen LogP contribution in [0.25, 0.3) is 11.0 Å². The van der Waals surface area contributed by atoms with E-state index in [4.69, 9.17) is 11.6 Å². The van der Waals surface area contributed by atoms with Crippen LogP contribution in [0.1, 0.15) is 39.1 Å². The molecule has 2 nitrogen and oxygen atoms in total. The molecule has 0 radical (unpaired) electrons. The fourth-order valence-electron chi connectivity index (χ4n) is 1.54. The minimum absolute atomic E-state index is 0.181. The fourth-order valence-corrected chi connectivity index (χ4v) is 1.69. The zero-order valence-electron chi connectivity index (χ0n) is 12.2. The van der Waals surface area contributed by atoms with Gasteiger partial charge in [-0.3, -0.25) is 0 Å². The van der Waals surface area contributed by atoms with Crippen LogP contribution in [0.2, 0.25) is 5.02 Å². The topological polar surface area (TPSA) is 17.8 Å². The van der Waals surface area contributed by atoms with E-state index in [-0.39, 0.29) is 10.8 Å². The molecule has 4 heteroatoms. The molecule has 0 spiro atoms. The quantitative estimate of drug-likeness (QED) is 0.657. The Bertz CT molecular complexity index is 518. The summed E-state index contributed by atoms with van der Waals surface area (Å²) in [7, 11) is 1.78. The third-order valence-electron chi connectivity index (χ3n) is 2.45. The summed E-state index contributed by atoms with van der Waals surface area (Å²) >= 11 is 5.82. The molecule has 0 aliphatic rings. The van der Waals surface area contributed by atoms with Gasteiger partial charge >= 0.3 is 0 Å². The van der Waals surface area contributed by atoms with Crippen molar-refractivity contribution in [3.05, 3.63) is 28.3 Å². The van der Waals surface area contributed by atoms with Gasteiger partial charge in [0.2, 0.25) is 0 Å². The first-order valence-corrected chi connectivity index (χ1v) is 6.67. The van der Waals surface area contributed by atoms with E-state index in [0.717, 1.165) is 11.4 Å². The van der Waals surface area contributed by atoms with Gasteiger partial charge in [-0.2, -0.15) is 0 Å². The molecule has 1 aromatic heterocycles. The molecule has 0 N–H and O–H groups in total. The van der Waals surface area contributed by atoms with Crippen LogP contribution in [0, 0.1) is 19.7 Å². The van der Waals surface area contributed by atoms with E-state index in [1.807, 2.05) is 34.6 Å². The minimum Gasteiger partial charge on any atom is -0.329 e. The SMILES string of the molecule is CC.CC.Cc1cc2nc(C)n(C)c2c(F)c1Cl. The average Bonchev–Trinajstić information content (AvgIpc) is 2.67. The van der Waals surface area contributed by atoms with Crippen LogP contribution in [0.5, 0.6) is 0 Å². The van der Waals surface area contributed by atoms with Gasteiger partial charge < -0.3 is 4.57 Å². The smallest absolute Gasteiger partial charge is 0.167 e. The lowest BCUT2D eigenvalue weighted by Gasteiger charge is -2.02. The van der Waals surface area contributed by atoms with Crippen molar-refractivity contribution in [3.8, 4) is 0 Å². The largest absolute Gasteiger partial charge is 0.329 e. The number of nitrogens with zero attached hydrogens (tertiary/aromatic N) is 2. The summed E-state index contributed by atoms with van der Waals surface area (Å²) in [6, 6.07) is 1.80. The Labute approximate surface area is 114 Å². The van der Waals surface area contributed by atoms with Gasteiger partial charge in [0.25, 0.3) is 0 Å². The fraction of sp³-hybridized carbons (Fsp3) is 0.500. The number of halogens is 2. The second-order valence-corrected chi connectivity index (χ2v) is 3.79. The number of aryl methyl sites for hydroxylation is 3. The Morgan fingerprint density at radius 2 is 1.67 bits per heavy atom. The predicted molar refractivity (Wildman–Crippen MR) is 77.9 cm³/mol. The monoisotopic (exact) mass is 272 g/mol. The molecule has 0 unspecified atom stereocenters. The Morgan fingerprint density at radius 3 is 2.17 bits per heavy atom. The van der Waals surface area contributed by atoms with E-state index in [1.165, 1.54) is 0 Å². The Balaban J connectivity index is 0.000000659. The number of rotatable bonds is 0. The lowest BCUT2D eigenvalue weighted by atomic mass is 10.2. The third-order valence-corrected chi connectivity index (χ3v) is 2.91. The number of hydrogen-bond acceptors (Lipinski definition) is 1. The number of imidazole rings is 1. The van der Waals surface area contributed by atoms with Crippen molar-refractivity contribution in [2.45, 2.75) is 41.5 Å². The second-order valence-electron chi connectivity index (χ2n) is 3.41. The highest BCUT2D eigenvalue weighted by Gasteiger charge is 2.14. The summed E-state index contributed by atoms with van der Waals surface area (Å²) in [6.07, 6.45) is 0. The molecule has 1 aromatic carbocycles. The summed E-state index contributed by atoms with van der Waals surface area (Å²) in [6.45, 7) is 11.6. The van der Waals surface area contributed by atoms with E-state index in [2.05, 4.69) is 4.98 Å². The first kappa shape index (κ1) is 16.9. The van der Waals surface area contributed by atoms with Crippen molar-refractivity contribution in [1.29, 1.82) is 0 Å². The van der Waals surface area contributed by atoms with Gasteiger partial charge in [0.05, 0.1) is 10.5 Å². The Hall–Kier alpha value is -1.09. The molecule has 0 fully saturated rings. The predicted octanol–water partition coefficient (Wildman–Crippen LogP) is 5.04. The van der Waals surface area contributed by atoms with Crippen molar-refractivity contribution in [1.82, 2.24) is 9.55 Å². The molecule has 102 valence electrons. The number of aromatic nitrogens is 2. The van der Waals surface area contributed by atoms with E-state index in [1.54, 1.807) is 24.6 Å². The molecule has 0 bridgehead atoms. The highest BCUT2D eigenvalue weighted by atomic mass is 35.5. The van der Waals surface area contributed by atoms with Gasteiger partial charge in [-0.1, -0.05) is 39.3 Å². The van der Waals surface area contributed by atoms with E-state index < -0.39 is 0 Å². The van der Waals surface area contributed by atoms with Crippen molar-refractivity contribution >= 4 is 22.6 Å². The van der Waals surface area contributed by atoms with Gasteiger partial charge in [0.15, 0.2) is 5.82 Å². The normalized spacial score (nSPS) is 9.39. The number of hydrogen-bond donors (Lipinski definition) is 0. The Kier molecular flexibility index (Phi) is 6.92. The molecule has 0 aliphatic carbocycles. The van der Waals surface area contributed by atoms with Crippen molar-refractivity contribution in [3.63, 3.8) is 0 Å². The van der Waals surface area contributed by atoms with Crippen LogP contribution in [0.15, 0.2) is 6.07 Å². The van der Waals surface area contributed by atoms with Gasteiger partial charge in [0, 0.05) is 7.05 Å². The molecular weight excluding hydrogens is 251 g/mol. The lowest BCUT2D eigenvalue weighted by Crippen LogP contribution is -1.94. The van der Waals surface area contributed by atoms with E-state index in [0.29, 0.717) is 11.0 Å². The summed E-state index contributed by atoms with van der Waals surface area (Å²) in [4.78, 5) is 4.24. The first-order valence-electron chi connectivity index (χ1n) is 6.30. The van der Waals surface area contributed by atoms with E-state index >= 15 is 0 Å². The molecule has 0 aliphatic heterocycles. The average molecular weight is 273 g/mol. The molecule has 1 heterocycles. The van der Waals surface area contributed by atoms with Crippen LogP contribution in [-0.2, 0) is 7.05 Å². The highest BCUT2D eigenvalue weighted by molar-refractivity contribution is 6.32. The first-order chi connectivity index (χ1) is 8.52. The number of benzene rings is 1. The second kappa shape index (κ2) is 7.37. The van der Waals surface area contributed by atoms with Crippen molar-refractivity contribution < 1.29 is 4.39 Å². The summed E-state index contributed by atoms with van der Waals surface area (Å²) in [5, 5.41) is 0.181. The van der Waals surface area contributed by atoms with Gasteiger partial charge in [-0.15, -0.1) is 0 Å². The molecular formula is C14H22ClFN2. The van der Waals surface area contributed by atoms with Crippen LogP contribution >= 0.6 is 11.6 Å². The van der Waals surface area contributed by atoms with Gasteiger partial charge in [-0.05, 0) is 25.5 Å². The van der Waals surface area contributed by atoms with Crippen LogP contribution in [-0.4, -0.2) is 9.55 Å². The standard InChI is InChI=1S/C10H10ClFN2.2C2H6/c1-5-4-7-10(9(12)8(5)11)14(3)6(2)13-7;2*1-2/h4H,1-3H3;2*1-2H3. The third kappa shape index (κ3) is 3.02. The maximum absolute atomic E-state index is 13.7. The highest BCUT2D eigenvalue weighted by Crippen LogP contribution is 2.27. The molecule has 18 heavy (non-hydrogen) atoms.